The fourth-order valence-corrected chi connectivity index (χ4v) is 2.51. The smallest absolute Gasteiger partial charge is 0.235 e. The van der Waals surface area contributed by atoms with E-state index in [4.69, 9.17) is 0 Å². The lowest BCUT2D eigenvalue weighted by molar-refractivity contribution is 0.592. The molecule has 0 amide bonds. The molecule has 1 aromatic carbocycles. The van der Waals surface area contributed by atoms with E-state index in [0.29, 0.717) is 11.6 Å². The van der Waals surface area contributed by atoms with Gasteiger partial charge in [0.1, 0.15) is 0 Å². The summed E-state index contributed by atoms with van der Waals surface area (Å²) in [6.07, 6.45) is 0. The summed E-state index contributed by atoms with van der Waals surface area (Å²) in [4.78, 5) is 0. The van der Waals surface area contributed by atoms with Crippen molar-refractivity contribution in [1.29, 1.82) is 0 Å². The first-order chi connectivity index (χ1) is 8.65. The molecule has 0 aliphatic rings. The second-order valence-corrected chi connectivity index (χ2v) is 8.09. The van der Waals surface area contributed by atoms with Crippen LogP contribution in [0.2, 0.25) is 0 Å². The van der Waals surface area contributed by atoms with Crippen molar-refractivity contribution >= 4 is 15.7 Å². The van der Waals surface area contributed by atoms with E-state index >= 15 is 0 Å². The Bertz CT molecular complexity index is 531. The Kier molecular flexibility index (Phi) is 5.02. The highest BCUT2D eigenvalue weighted by Gasteiger charge is 2.18. The zero-order valence-electron chi connectivity index (χ0n) is 12.7. The SMILES string of the molecule is CC(C)c1ccc(NS(=O)(=O)C(C)C)c(C(C)C)c1. The maximum absolute atomic E-state index is 12.0. The summed E-state index contributed by atoms with van der Waals surface area (Å²) in [6.45, 7) is 11.8. The van der Waals surface area contributed by atoms with Crippen LogP contribution in [0.15, 0.2) is 18.2 Å². The highest BCUT2D eigenvalue weighted by Crippen LogP contribution is 2.29. The van der Waals surface area contributed by atoms with Crippen LogP contribution in [0.3, 0.4) is 0 Å². The molecule has 0 aromatic heterocycles. The standard InChI is InChI=1S/C15H25NO2S/c1-10(2)13-7-8-15(14(9-13)11(3)4)16-19(17,18)12(5)6/h7-12,16H,1-6H3. The molecular weight excluding hydrogens is 258 g/mol. The van der Waals surface area contributed by atoms with Crippen molar-refractivity contribution in [2.75, 3.05) is 4.72 Å². The molecule has 19 heavy (non-hydrogen) atoms. The third-order valence-electron chi connectivity index (χ3n) is 3.24. The van der Waals surface area contributed by atoms with Crippen LogP contribution in [0.4, 0.5) is 5.69 Å². The Morgan fingerprint density at radius 1 is 0.947 bits per heavy atom. The van der Waals surface area contributed by atoms with Crippen LogP contribution in [0.1, 0.15) is 64.5 Å². The Balaban J connectivity index is 3.22. The Labute approximate surface area is 117 Å². The van der Waals surface area contributed by atoms with Gasteiger partial charge in [-0.05, 0) is 42.9 Å². The van der Waals surface area contributed by atoms with Gasteiger partial charge in [-0.15, -0.1) is 0 Å². The van der Waals surface area contributed by atoms with Crippen LogP contribution < -0.4 is 4.72 Å². The van der Waals surface area contributed by atoms with Gasteiger partial charge in [-0.3, -0.25) is 4.72 Å². The van der Waals surface area contributed by atoms with Crippen LogP contribution in [0.25, 0.3) is 0 Å². The van der Waals surface area contributed by atoms with E-state index in [1.54, 1.807) is 13.8 Å². The minimum absolute atomic E-state index is 0.281. The molecule has 0 atom stereocenters. The first-order valence-electron chi connectivity index (χ1n) is 6.80. The Morgan fingerprint density at radius 3 is 1.95 bits per heavy atom. The second kappa shape index (κ2) is 5.95. The van der Waals surface area contributed by atoms with Crippen LogP contribution in [-0.2, 0) is 10.0 Å². The van der Waals surface area contributed by atoms with Crippen molar-refractivity contribution in [3.8, 4) is 0 Å². The molecule has 0 saturated carbocycles. The zero-order valence-corrected chi connectivity index (χ0v) is 13.5. The Hall–Kier alpha value is -1.03. The van der Waals surface area contributed by atoms with E-state index in [-0.39, 0.29) is 5.92 Å². The predicted octanol–water partition coefficient (Wildman–Crippen LogP) is 4.08. The molecule has 1 aromatic rings. The van der Waals surface area contributed by atoms with Crippen LogP contribution >= 0.6 is 0 Å². The maximum atomic E-state index is 12.0. The Morgan fingerprint density at radius 2 is 1.53 bits per heavy atom. The monoisotopic (exact) mass is 283 g/mol. The molecule has 0 fully saturated rings. The van der Waals surface area contributed by atoms with Gasteiger partial charge in [-0.2, -0.15) is 0 Å². The van der Waals surface area contributed by atoms with E-state index < -0.39 is 15.3 Å². The molecule has 0 aliphatic carbocycles. The van der Waals surface area contributed by atoms with Gasteiger partial charge in [0.15, 0.2) is 0 Å². The lowest BCUT2D eigenvalue weighted by atomic mass is 9.94. The molecular formula is C15H25NO2S. The number of benzene rings is 1. The molecule has 0 bridgehead atoms. The molecule has 0 spiro atoms. The number of hydrogen-bond donors (Lipinski definition) is 1. The normalized spacial score (nSPS) is 12.5. The van der Waals surface area contributed by atoms with Crippen molar-refractivity contribution < 1.29 is 8.42 Å². The van der Waals surface area contributed by atoms with E-state index in [0.717, 1.165) is 5.56 Å². The zero-order chi connectivity index (χ0) is 14.8. The van der Waals surface area contributed by atoms with Gasteiger partial charge in [0.05, 0.1) is 10.9 Å². The lowest BCUT2D eigenvalue weighted by Gasteiger charge is -2.18. The molecule has 0 radical (unpaired) electrons. The predicted molar refractivity (Wildman–Crippen MR) is 82.3 cm³/mol. The summed E-state index contributed by atoms with van der Waals surface area (Å²) in [5.41, 5.74) is 2.99. The highest BCUT2D eigenvalue weighted by atomic mass is 32.2. The average Bonchev–Trinajstić information content (AvgIpc) is 2.28. The molecule has 108 valence electrons. The number of rotatable bonds is 5. The number of nitrogens with one attached hydrogen (secondary N) is 1. The van der Waals surface area contributed by atoms with Gasteiger partial charge in [0, 0.05) is 0 Å². The van der Waals surface area contributed by atoms with Gasteiger partial charge in [0.25, 0.3) is 0 Å². The van der Waals surface area contributed by atoms with Crippen molar-refractivity contribution in [2.45, 2.75) is 58.6 Å². The second-order valence-electron chi connectivity index (χ2n) is 5.85. The highest BCUT2D eigenvalue weighted by molar-refractivity contribution is 7.93. The third-order valence-corrected chi connectivity index (χ3v) is 4.98. The van der Waals surface area contributed by atoms with Crippen molar-refractivity contribution in [3.05, 3.63) is 29.3 Å². The van der Waals surface area contributed by atoms with Gasteiger partial charge < -0.3 is 0 Å². The molecule has 0 unspecified atom stereocenters. The molecule has 0 heterocycles. The lowest BCUT2D eigenvalue weighted by Crippen LogP contribution is -2.23. The molecule has 0 aliphatic heterocycles. The van der Waals surface area contributed by atoms with Gasteiger partial charge in [-0.25, -0.2) is 8.42 Å². The minimum Gasteiger partial charge on any atom is -0.283 e. The van der Waals surface area contributed by atoms with E-state index in [9.17, 15) is 8.42 Å². The molecule has 4 heteroatoms. The molecule has 0 saturated heterocycles. The average molecular weight is 283 g/mol. The van der Waals surface area contributed by atoms with Crippen molar-refractivity contribution in [1.82, 2.24) is 0 Å². The maximum Gasteiger partial charge on any atom is 0.235 e. The number of hydrogen-bond acceptors (Lipinski definition) is 2. The number of sulfonamides is 1. The van der Waals surface area contributed by atoms with Crippen LogP contribution in [0.5, 0.6) is 0 Å². The fraction of sp³-hybridized carbons (Fsp3) is 0.600. The quantitative estimate of drug-likeness (QED) is 0.885. The first-order valence-corrected chi connectivity index (χ1v) is 8.35. The minimum atomic E-state index is -3.29. The van der Waals surface area contributed by atoms with E-state index in [2.05, 4.69) is 38.5 Å². The summed E-state index contributed by atoms with van der Waals surface area (Å²) in [5, 5.41) is -0.433. The topological polar surface area (TPSA) is 46.2 Å². The third kappa shape index (κ3) is 3.96. The molecule has 1 rings (SSSR count). The van der Waals surface area contributed by atoms with Crippen molar-refractivity contribution in [2.24, 2.45) is 0 Å². The van der Waals surface area contributed by atoms with Gasteiger partial charge >= 0.3 is 0 Å². The van der Waals surface area contributed by atoms with Crippen LogP contribution in [-0.4, -0.2) is 13.7 Å². The molecule has 1 N–H and O–H groups in total. The number of anilines is 1. The first kappa shape index (κ1) is 16.0. The largest absolute Gasteiger partial charge is 0.283 e. The molecule has 3 nitrogen and oxygen atoms in total. The summed E-state index contributed by atoms with van der Waals surface area (Å²) in [6, 6.07) is 5.98. The van der Waals surface area contributed by atoms with Crippen LogP contribution in [0, 0.1) is 0 Å². The van der Waals surface area contributed by atoms with Crippen molar-refractivity contribution in [3.63, 3.8) is 0 Å². The fourth-order valence-electron chi connectivity index (χ4n) is 1.78. The summed E-state index contributed by atoms with van der Waals surface area (Å²) >= 11 is 0. The van der Waals surface area contributed by atoms with Gasteiger partial charge in [0.2, 0.25) is 10.0 Å². The van der Waals surface area contributed by atoms with E-state index in [1.165, 1.54) is 5.56 Å². The summed E-state index contributed by atoms with van der Waals surface area (Å²) in [5.74, 6) is 0.719. The van der Waals surface area contributed by atoms with E-state index in [1.807, 2.05) is 12.1 Å². The van der Waals surface area contributed by atoms with Gasteiger partial charge in [-0.1, -0.05) is 39.8 Å². The summed E-state index contributed by atoms with van der Waals surface area (Å²) in [7, 11) is -3.29. The summed E-state index contributed by atoms with van der Waals surface area (Å²) < 4.78 is 26.7.